The minimum absolute atomic E-state index is 0.0139. The van der Waals surface area contributed by atoms with Crippen molar-refractivity contribution < 1.29 is 13.9 Å². The van der Waals surface area contributed by atoms with Crippen LogP contribution in [-0.4, -0.2) is 10.4 Å². The van der Waals surface area contributed by atoms with Crippen LogP contribution in [0.4, 0.5) is 8.78 Å². The lowest BCUT2D eigenvalue weighted by atomic mass is 10.1. The molecule has 1 rings (SSSR count). The van der Waals surface area contributed by atoms with Crippen molar-refractivity contribution in [3.63, 3.8) is 0 Å². The zero-order valence-electron chi connectivity index (χ0n) is 7.02. The van der Waals surface area contributed by atoms with E-state index < -0.39 is 17.7 Å². The molecule has 1 aromatic rings. The summed E-state index contributed by atoms with van der Waals surface area (Å²) in [6.07, 6.45) is -1.00. The van der Waals surface area contributed by atoms with Crippen molar-refractivity contribution >= 4 is 15.9 Å². The van der Waals surface area contributed by atoms with Crippen LogP contribution in [0.25, 0.3) is 0 Å². The van der Waals surface area contributed by atoms with E-state index >= 15 is 0 Å². The molecule has 1 atom stereocenters. The Morgan fingerprint density at radius 2 is 2.00 bits per heavy atom. The highest BCUT2D eigenvalue weighted by Crippen LogP contribution is 2.21. The fourth-order valence-electron chi connectivity index (χ4n) is 1.00. The Morgan fingerprint density at radius 3 is 2.54 bits per heavy atom. The molecule has 0 fully saturated rings. The van der Waals surface area contributed by atoms with Gasteiger partial charge in [0, 0.05) is 10.9 Å². The molecule has 0 aromatic heterocycles. The van der Waals surface area contributed by atoms with Crippen molar-refractivity contribution in [3.8, 4) is 0 Å². The van der Waals surface area contributed by atoms with Gasteiger partial charge in [-0.15, -0.1) is 0 Å². The third-order valence-corrected chi connectivity index (χ3v) is 2.40. The van der Waals surface area contributed by atoms with Crippen LogP contribution in [-0.2, 0) is 0 Å². The lowest BCUT2D eigenvalue weighted by molar-refractivity contribution is 0.199. The molecule has 0 spiro atoms. The molecule has 72 valence electrons. The summed E-state index contributed by atoms with van der Waals surface area (Å²) in [5, 5.41) is 9.46. The summed E-state index contributed by atoms with van der Waals surface area (Å²) in [5.41, 5.74) is 0.225. The fourth-order valence-corrected chi connectivity index (χ4v) is 1.35. The van der Waals surface area contributed by atoms with Crippen LogP contribution < -0.4 is 0 Å². The number of rotatable bonds is 2. The first-order valence-electron chi connectivity index (χ1n) is 3.76. The van der Waals surface area contributed by atoms with Gasteiger partial charge in [0.05, 0.1) is 6.10 Å². The third-order valence-electron chi connectivity index (χ3n) is 1.78. The van der Waals surface area contributed by atoms with Crippen molar-refractivity contribution in [3.05, 3.63) is 34.9 Å². The molecule has 1 N–H and O–H groups in total. The van der Waals surface area contributed by atoms with E-state index in [1.54, 1.807) is 0 Å². The highest BCUT2D eigenvalue weighted by atomic mass is 79.9. The van der Waals surface area contributed by atoms with Gasteiger partial charge in [0.1, 0.15) is 11.6 Å². The summed E-state index contributed by atoms with van der Waals surface area (Å²) in [7, 11) is 0. The second-order valence-electron chi connectivity index (χ2n) is 2.79. The summed E-state index contributed by atoms with van der Waals surface area (Å²) < 4.78 is 26.1. The molecule has 1 nitrogen and oxygen atoms in total. The van der Waals surface area contributed by atoms with Gasteiger partial charge in [-0.3, -0.25) is 0 Å². The molecule has 0 heterocycles. The number of aliphatic hydroxyl groups is 1. The van der Waals surface area contributed by atoms with E-state index in [2.05, 4.69) is 15.9 Å². The van der Waals surface area contributed by atoms with E-state index in [0.717, 1.165) is 12.1 Å². The fraction of sp³-hybridized carbons (Fsp3) is 0.333. The standard InChI is InChI=1S/C9H9BrF2O/c1-5-2-8(12)6(3-7(5)11)9(13)4-10/h2-3,9,13H,4H2,1H3. The van der Waals surface area contributed by atoms with Gasteiger partial charge in [-0.05, 0) is 24.6 Å². The predicted octanol–water partition coefficient (Wildman–Crippen LogP) is 2.70. The number of aryl methyl sites for hydroxylation is 1. The topological polar surface area (TPSA) is 20.2 Å². The number of aliphatic hydroxyl groups excluding tert-OH is 1. The summed E-state index contributed by atoms with van der Waals surface area (Å²) in [6, 6.07) is 2.10. The molecule has 1 aromatic carbocycles. The molecule has 0 saturated heterocycles. The molecule has 13 heavy (non-hydrogen) atoms. The van der Waals surface area contributed by atoms with Gasteiger partial charge in [0.2, 0.25) is 0 Å². The maximum atomic E-state index is 13.1. The minimum Gasteiger partial charge on any atom is -0.387 e. The Morgan fingerprint density at radius 1 is 1.38 bits per heavy atom. The summed E-state index contributed by atoms with van der Waals surface area (Å²) >= 11 is 2.99. The zero-order chi connectivity index (χ0) is 10.0. The van der Waals surface area contributed by atoms with Crippen molar-refractivity contribution in [2.75, 3.05) is 5.33 Å². The van der Waals surface area contributed by atoms with Crippen molar-refractivity contribution in [2.24, 2.45) is 0 Å². The SMILES string of the molecule is Cc1cc(F)c(C(O)CBr)cc1F. The quantitative estimate of drug-likeness (QED) is 0.801. The molecule has 0 amide bonds. The van der Waals surface area contributed by atoms with E-state index in [-0.39, 0.29) is 16.5 Å². The van der Waals surface area contributed by atoms with Crippen molar-refractivity contribution in [1.29, 1.82) is 0 Å². The lowest BCUT2D eigenvalue weighted by Gasteiger charge is -2.09. The third kappa shape index (κ3) is 2.25. The van der Waals surface area contributed by atoms with Gasteiger partial charge in [-0.25, -0.2) is 8.78 Å². The molecule has 0 aliphatic carbocycles. The molecule has 0 saturated carbocycles. The molecular formula is C9H9BrF2O. The molecular weight excluding hydrogens is 242 g/mol. The van der Waals surface area contributed by atoms with E-state index in [0.29, 0.717) is 0 Å². The second-order valence-corrected chi connectivity index (χ2v) is 3.44. The van der Waals surface area contributed by atoms with Gasteiger partial charge in [0.25, 0.3) is 0 Å². The highest BCUT2D eigenvalue weighted by molar-refractivity contribution is 9.09. The number of hydrogen-bond donors (Lipinski definition) is 1. The van der Waals surface area contributed by atoms with Gasteiger partial charge in [0.15, 0.2) is 0 Å². The van der Waals surface area contributed by atoms with Crippen LogP contribution in [0.15, 0.2) is 12.1 Å². The molecule has 0 aliphatic heterocycles. The molecule has 4 heteroatoms. The van der Waals surface area contributed by atoms with Crippen LogP contribution in [0.2, 0.25) is 0 Å². The van der Waals surface area contributed by atoms with Crippen LogP contribution in [0, 0.1) is 18.6 Å². The number of alkyl halides is 1. The molecule has 0 aliphatic rings. The number of benzene rings is 1. The largest absolute Gasteiger partial charge is 0.387 e. The smallest absolute Gasteiger partial charge is 0.129 e. The number of hydrogen-bond acceptors (Lipinski definition) is 1. The van der Waals surface area contributed by atoms with E-state index in [9.17, 15) is 13.9 Å². The van der Waals surface area contributed by atoms with Crippen LogP contribution in [0.5, 0.6) is 0 Å². The first-order chi connectivity index (χ1) is 6.06. The average Bonchev–Trinajstić information content (AvgIpc) is 2.10. The van der Waals surface area contributed by atoms with E-state index in [1.807, 2.05) is 0 Å². The first-order valence-corrected chi connectivity index (χ1v) is 4.88. The van der Waals surface area contributed by atoms with Crippen molar-refractivity contribution in [1.82, 2.24) is 0 Å². The number of halogens is 3. The predicted molar refractivity (Wildman–Crippen MR) is 49.8 cm³/mol. The van der Waals surface area contributed by atoms with Crippen LogP contribution in [0.3, 0.4) is 0 Å². The minimum atomic E-state index is -1.00. The highest BCUT2D eigenvalue weighted by Gasteiger charge is 2.13. The summed E-state index contributed by atoms with van der Waals surface area (Å²) in [5.74, 6) is -1.08. The van der Waals surface area contributed by atoms with Crippen molar-refractivity contribution in [2.45, 2.75) is 13.0 Å². The Hall–Kier alpha value is -0.480. The van der Waals surface area contributed by atoms with Gasteiger partial charge in [-0.1, -0.05) is 15.9 Å². The Kier molecular flexibility index (Phi) is 3.39. The summed E-state index contributed by atoms with van der Waals surface area (Å²) in [4.78, 5) is 0. The molecule has 0 radical (unpaired) electrons. The average molecular weight is 251 g/mol. The second kappa shape index (κ2) is 4.15. The maximum absolute atomic E-state index is 13.1. The van der Waals surface area contributed by atoms with Gasteiger partial charge >= 0.3 is 0 Å². The Labute approximate surface area is 83.5 Å². The van der Waals surface area contributed by atoms with Gasteiger partial charge in [-0.2, -0.15) is 0 Å². The van der Waals surface area contributed by atoms with Crippen LogP contribution >= 0.6 is 15.9 Å². The summed E-state index contributed by atoms with van der Waals surface area (Å²) in [6.45, 7) is 1.47. The molecule has 0 bridgehead atoms. The normalized spacial score (nSPS) is 13.0. The Balaban J connectivity index is 3.15. The van der Waals surface area contributed by atoms with E-state index in [1.165, 1.54) is 6.92 Å². The van der Waals surface area contributed by atoms with Crippen LogP contribution in [0.1, 0.15) is 17.2 Å². The maximum Gasteiger partial charge on any atom is 0.129 e. The van der Waals surface area contributed by atoms with E-state index in [4.69, 9.17) is 0 Å². The molecule has 1 unspecified atom stereocenters. The lowest BCUT2D eigenvalue weighted by Crippen LogP contribution is -2.03. The zero-order valence-corrected chi connectivity index (χ0v) is 8.61. The van der Waals surface area contributed by atoms with Gasteiger partial charge < -0.3 is 5.11 Å². The first kappa shape index (κ1) is 10.6. The monoisotopic (exact) mass is 250 g/mol. The Bertz CT molecular complexity index is 315.